The molecule has 0 spiro atoms. The lowest BCUT2D eigenvalue weighted by Crippen LogP contribution is -1.98. The molecule has 0 heterocycles. The molecular formula is C19H14BrCl2NO2. The van der Waals surface area contributed by atoms with Crippen LogP contribution < -0.4 is 9.47 Å². The molecule has 0 fully saturated rings. The first-order valence-corrected chi connectivity index (χ1v) is 8.73. The monoisotopic (exact) mass is 437 g/mol. The highest BCUT2D eigenvalue weighted by molar-refractivity contribution is 9.10. The number of ether oxygens (including phenoxy) is 2. The summed E-state index contributed by atoms with van der Waals surface area (Å²) in [5.74, 6) is 1.12. The molecule has 0 saturated carbocycles. The average molecular weight is 439 g/mol. The summed E-state index contributed by atoms with van der Waals surface area (Å²) in [6, 6.07) is 10.8. The Hall–Kier alpha value is -1.93. The first-order chi connectivity index (χ1) is 12.0. The van der Waals surface area contributed by atoms with Crippen LogP contribution in [0.15, 0.2) is 47.5 Å². The molecule has 2 aromatic rings. The van der Waals surface area contributed by atoms with Gasteiger partial charge in [0.05, 0.1) is 28.2 Å². The third kappa shape index (κ3) is 4.79. The van der Waals surface area contributed by atoms with Crippen molar-refractivity contribution >= 4 is 50.8 Å². The molecule has 3 nitrogen and oxygen atoms in total. The fourth-order valence-electron chi connectivity index (χ4n) is 2.15. The van der Waals surface area contributed by atoms with Crippen molar-refractivity contribution in [3.05, 3.63) is 68.6 Å². The lowest BCUT2D eigenvalue weighted by Gasteiger charge is -2.12. The number of rotatable bonds is 6. The van der Waals surface area contributed by atoms with Gasteiger partial charge in [0.2, 0.25) is 0 Å². The van der Waals surface area contributed by atoms with Crippen LogP contribution in [-0.2, 0) is 0 Å². The van der Waals surface area contributed by atoms with Crippen LogP contribution in [0.1, 0.15) is 11.1 Å². The third-order valence-corrected chi connectivity index (χ3v) is 4.39. The summed E-state index contributed by atoms with van der Waals surface area (Å²) in [5.41, 5.74) is 1.78. The van der Waals surface area contributed by atoms with E-state index < -0.39 is 0 Å². The van der Waals surface area contributed by atoms with Gasteiger partial charge in [0.1, 0.15) is 6.61 Å². The van der Waals surface area contributed by atoms with Gasteiger partial charge in [-0.15, -0.1) is 0 Å². The van der Waals surface area contributed by atoms with Gasteiger partial charge in [0, 0.05) is 10.6 Å². The van der Waals surface area contributed by atoms with Gasteiger partial charge >= 0.3 is 0 Å². The molecule has 0 unspecified atom stereocenters. The average Bonchev–Trinajstić information content (AvgIpc) is 2.58. The van der Waals surface area contributed by atoms with E-state index in [2.05, 4.69) is 28.6 Å². The van der Waals surface area contributed by atoms with Crippen LogP contribution >= 0.6 is 39.1 Å². The minimum absolute atomic E-state index is 0.355. The Bertz CT molecular complexity index is 872. The van der Waals surface area contributed by atoms with Crippen LogP contribution in [0.5, 0.6) is 11.5 Å². The highest BCUT2D eigenvalue weighted by Crippen LogP contribution is 2.38. The number of benzene rings is 2. The Morgan fingerprint density at radius 1 is 1.32 bits per heavy atom. The second kappa shape index (κ2) is 8.96. The Kier molecular flexibility index (Phi) is 6.95. The topological polar surface area (TPSA) is 42.2 Å². The van der Waals surface area contributed by atoms with Crippen LogP contribution in [0.25, 0.3) is 11.6 Å². The molecular weight excluding hydrogens is 425 g/mol. The van der Waals surface area contributed by atoms with Gasteiger partial charge in [-0.25, -0.2) is 0 Å². The van der Waals surface area contributed by atoms with Gasteiger partial charge in [-0.3, -0.25) is 0 Å². The molecule has 2 aromatic carbocycles. The normalized spacial score (nSPS) is 10.9. The summed E-state index contributed by atoms with van der Waals surface area (Å²) < 4.78 is 11.7. The molecule has 0 atom stereocenters. The number of methoxy groups -OCH3 is 1. The van der Waals surface area contributed by atoms with Crippen LogP contribution in [0, 0.1) is 11.3 Å². The predicted molar refractivity (Wildman–Crippen MR) is 106 cm³/mol. The predicted octanol–water partition coefficient (Wildman–Crippen LogP) is 6.39. The summed E-state index contributed by atoms with van der Waals surface area (Å²) in [6.07, 6.45) is 3.37. The number of halogens is 3. The van der Waals surface area contributed by atoms with Gasteiger partial charge in [0.25, 0.3) is 0 Å². The molecule has 0 aromatic heterocycles. The van der Waals surface area contributed by atoms with Crippen molar-refractivity contribution in [1.29, 1.82) is 5.26 Å². The van der Waals surface area contributed by atoms with E-state index in [1.165, 1.54) is 0 Å². The number of allylic oxidation sites excluding steroid dienone is 1. The van der Waals surface area contributed by atoms with Gasteiger partial charge in [0.15, 0.2) is 11.5 Å². The Morgan fingerprint density at radius 2 is 2.08 bits per heavy atom. The zero-order valence-corrected chi connectivity index (χ0v) is 16.5. The zero-order chi connectivity index (χ0) is 18.4. The number of hydrogen-bond donors (Lipinski definition) is 0. The Balaban J connectivity index is 2.49. The summed E-state index contributed by atoms with van der Waals surface area (Å²) in [4.78, 5) is 0. The van der Waals surface area contributed by atoms with Crippen molar-refractivity contribution in [2.75, 3.05) is 13.7 Å². The molecule has 0 aliphatic heterocycles. The van der Waals surface area contributed by atoms with Crippen molar-refractivity contribution in [1.82, 2.24) is 0 Å². The SMILES string of the molecule is C=CCOc1c(Br)cc(/C=C(\C#N)c2ccc(Cl)cc2Cl)cc1OC. The zero-order valence-electron chi connectivity index (χ0n) is 13.4. The van der Waals surface area contributed by atoms with Gasteiger partial charge in [-0.1, -0.05) is 41.9 Å². The lowest BCUT2D eigenvalue weighted by molar-refractivity contribution is 0.324. The van der Waals surface area contributed by atoms with Crippen LogP contribution in [0.2, 0.25) is 10.0 Å². The molecule has 0 N–H and O–H groups in total. The van der Waals surface area contributed by atoms with E-state index in [0.29, 0.717) is 43.8 Å². The largest absolute Gasteiger partial charge is 0.493 e. The molecule has 2 rings (SSSR count). The van der Waals surface area contributed by atoms with E-state index in [4.69, 9.17) is 32.7 Å². The van der Waals surface area contributed by atoms with E-state index in [-0.39, 0.29) is 0 Å². The lowest BCUT2D eigenvalue weighted by atomic mass is 10.0. The smallest absolute Gasteiger partial charge is 0.175 e. The van der Waals surface area contributed by atoms with E-state index in [9.17, 15) is 5.26 Å². The third-order valence-electron chi connectivity index (χ3n) is 3.25. The molecule has 0 aliphatic rings. The first kappa shape index (κ1) is 19.4. The van der Waals surface area contributed by atoms with E-state index >= 15 is 0 Å². The molecule has 0 bridgehead atoms. The summed E-state index contributed by atoms with van der Waals surface area (Å²) in [5, 5.41) is 10.4. The quantitative estimate of drug-likeness (QED) is 0.298. The Labute approximate surface area is 165 Å². The first-order valence-electron chi connectivity index (χ1n) is 7.18. The number of hydrogen-bond acceptors (Lipinski definition) is 3. The second-order valence-electron chi connectivity index (χ2n) is 4.93. The second-order valence-corrected chi connectivity index (χ2v) is 6.63. The van der Waals surface area contributed by atoms with Crippen LogP contribution in [-0.4, -0.2) is 13.7 Å². The summed E-state index contributed by atoms with van der Waals surface area (Å²) in [6.45, 7) is 3.98. The van der Waals surface area contributed by atoms with Crippen molar-refractivity contribution in [2.24, 2.45) is 0 Å². The maximum atomic E-state index is 9.51. The van der Waals surface area contributed by atoms with Crippen LogP contribution in [0.4, 0.5) is 0 Å². The van der Waals surface area contributed by atoms with Crippen molar-refractivity contribution in [3.8, 4) is 17.6 Å². The van der Waals surface area contributed by atoms with E-state index in [1.807, 2.05) is 6.07 Å². The standard InChI is InChI=1S/C19H14BrCl2NO2/c1-3-6-25-19-16(20)8-12(9-18(19)24-2)7-13(11-23)15-5-4-14(21)10-17(15)22/h3-5,7-10H,1,6H2,2H3/b13-7+. The van der Waals surface area contributed by atoms with E-state index in [0.717, 1.165) is 5.56 Å². The van der Waals surface area contributed by atoms with E-state index in [1.54, 1.807) is 43.5 Å². The molecule has 0 amide bonds. The van der Waals surface area contributed by atoms with Gasteiger partial charge in [-0.2, -0.15) is 5.26 Å². The fraction of sp³-hybridized carbons (Fsp3) is 0.105. The molecule has 128 valence electrons. The molecule has 25 heavy (non-hydrogen) atoms. The maximum absolute atomic E-state index is 9.51. The van der Waals surface area contributed by atoms with Crippen molar-refractivity contribution < 1.29 is 9.47 Å². The minimum atomic E-state index is 0.355. The van der Waals surface area contributed by atoms with Gasteiger partial charge in [-0.05, 0) is 51.8 Å². The fourth-order valence-corrected chi connectivity index (χ4v) is 3.23. The Morgan fingerprint density at radius 3 is 2.68 bits per heavy atom. The maximum Gasteiger partial charge on any atom is 0.175 e. The highest BCUT2D eigenvalue weighted by atomic mass is 79.9. The summed E-state index contributed by atoms with van der Waals surface area (Å²) >= 11 is 15.6. The molecule has 0 aliphatic carbocycles. The summed E-state index contributed by atoms with van der Waals surface area (Å²) in [7, 11) is 1.55. The van der Waals surface area contributed by atoms with Crippen molar-refractivity contribution in [3.63, 3.8) is 0 Å². The minimum Gasteiger partial charge on any atom is -0.493 e. The van der Waals surface area contributed by atoms with Gasteiger partial charge < -0.3 is 9.47 Å². The molecule has 0 saturated heterocycles. The number of nitriles is 1. The highest BCUT2D eigenvalue weighted by Gasteiger charge is 2.12. The van der Waals surface area contributed by atoms with Crippen molar-refractivity contribution in [2.45, 2.75) is 0 Å². The molecule has 0 radical (unpaired) electrons. The molecule has 6 heteroatoms. The van der Waals surface area contributed by atoms with Crippen LogP contribution in [0.3, 0.4) is 0 Å². The number of nitrogens with zero attached hydrogens (tertiary/aromatic N) is 1.